The number of halogens is 1. The molecule has 84 valence electrons. The normalized spacial score (nSPS) is 11.3. The molecule has 0 amide bonds. The number of hydrogen-bond donors (Lipinski definition) is 1. The Balaban J connectivity index is 2.65. The van der Waals surface area contributed by atoms with Crippen LogP contribution in [0.4, 0.5) is 0 Å². The lowest BCUT2D eigenvalue weighted by molar-refractivity contribution is 0.159. The summed E-state index contributed by atoms with van der Waals surface area (Å²) in [6.07, 6.45) is 1.70. The van der Waals surface area contributed by atoms with Crippen molar-refractivity contribution in [3.8, 4) is 0 Å². The van der Waals surface area contributed by atoms with Crippen molar-refractivity contribution >= 4 is 11.6 Å². The van der Waals surface area contributed by atoms with Gasteiger partial charge in [-0.05, 0) is 31.5 Å². The molecule has 3 nitrogen and oxygen atoms in total. The third kappa shape index (κ3) is 4.16. The molecule has 0 aromatic carbocycles. The second-order valence-electron chi connectivity index (χ2n) is 3.77. The molecular weight excluding hydrogens is 212 g/mol. The van der Waals surface area contributed by atoms with Crippen LogP contribution in [0.2, 0.25) is 5.15 Å². The summed E-state index contributed by atoms with van der Waals surface area (Å²) in [6.45, 7) is 5.87. The Morgan fingerprint density at radius 3 is 2.80 bits per heavy atom. The molecule has 1 aromatic rings. The first-order valence-corrected chi connectivity index (χ1v) is 5.46. The van der Waals surface area contributed by atoms with E-state index in [0.29, 0.717) is 17.7 Å². The Kier molecular flexibility index (Phi) is 5.02. The standard InChI is InChI=1S/C11H17ClN2O/c1-9(2)14(5-6-15)8-10-3-4-13-11(12)7-10/h3-4,7,9,15H,5-6,8H2,1-2H3. The first kappa shape index (κ1) is 12.4. The van der Waals surface area contributed by atoms with Gasteiger partial charge >= 0.3 is 0 Å². The van der Waals surface area contributed by atoms with Crippen LogP contribution in [0, 0.1) is 0 Å². The van der Waals surface area contributed by atoms with Crippen LogP contribution < -0.4 is 0 Å². The van der Waals surface area contributed by atoms with Crippen molar-refractivity contribution in [1.29, 1.82) is 0 Å². The Morgan fingerprint density at radius 1 is 1.53 bits per heavy atom. The summed E-state index contributed by atoms with van der Waals surface area (Å²) in [5.41, 5.74) is 1.12. The van der Waals surface area contributed by atoms with Crippen LogP contribution in [-0.4, -0.2) is 34.2 Å². The van der Waals surface area contributed by atoms with E-state index in [1.165, 1.54) is 0 Å². The number of aliphatic hydroxyl groups excluding tert-OH is 1. The number of aromatic nitrogens is 1. The molecule has 1 rings (SSSR count). The SMILES string of the molecule is CC(C)N(CCO)Cc1ccnc(Cl)c1. The zero-order valence-corrected chi connectivity index (χ0v) is 9.91. The highest BCUT2D eigenvalue weighted by Gasteiger charge is 2.09. The van der Waals surface area contributed by atoms with Crippen LogP contribution in [0.1, 0.15) is 19.4 Å². The van der Waals surface area contributed by atoms with Crippen molar-refractivity contribution in [3.05, 3.63) is 29.0 Å². The first-order chi connectivity index (χ1) is 7.13. The van der Waals surface area contributed by atoms with Gasteiger partial charge in [-0.25, -0.2) is 4.98 Å². The van der Waals surface area contributed by atoms with Crippen molar-refractivity contribution in [2.24, 2.45) is 0 Å². The van der Waals surface area contributed by atoms with Gasteiger partial charge in [0.05, 0.1) is 6.61 Å². The van der Waals surface area contributed by atoms with E-state index in [4.69, 9.17) is 16.7 Å². The number of aliphatic hydroxyl groups is 1. The summed E-state index contributed by atoms with van der Waals surface area (Å²) >= 11 is 5.81. The van der Waals surface area contributed by atoms with Gasteiger partial charge in [0.1, 0.15) is 5.15 Å². The van der Waals surface area contributed by atoms with Gasteiger partial charge < -0.3 is 5.11 Å². The van der Waals surface area contributed by atoms with Crippen molar-refractivity contribution in [2.45, 2.75) is 26.4 Å². The fourth-order valence-electron chi connectivity index (χ4n) is 1.42. The van der Waals surface area contributed by atoms with Crippen LogP contribution in [0.5, 0.6) is 0 Å². The van der Waals surface area contributed by atoms with Crippen molar-refractivity contribution in [3.63, 3.8) is 0 Å². The minimum Gasteiger partial charge on any atom is -0.395 e. The third-order valence-corrected chi connectivity index (χ3v) is 2.50. The lowest BCUT2D eigenvalue weighted by Crippen LogP contribution is -2.32. The number of rotatable bonds is 5. The Bertz CT molecular complexity index is 304. The molecule has 1 aromatic heterocycles. The summed E-state index contributed by atoms with van der Waals surface area (Å²) in [6, 6.07) is 4.21. The molecule has 1 N–H and O–H groups in total. The van der Waals surface area contributed by atoms with E-state index >= 15 is 0 Å². The van der Waals surface area contributed by atoms with Gasteiger partial charge in [0.2, 0.25) is 0 Å². The number of nitrogens with zero attached hydrogens (tertiary/aromatic N) is 2. The molecule has 0 unspecified atom stereocenters. The van der Waals surface area contributed by atoms with Gasteiger partial charge in [-0.15, -0.1) is 0 Å². The van der Waals surface area contributed by atoms with E-state index in [1.54, 1.807) is 6.20 Å². The van der Waals surface area contributed by atoms with Crippen molar-refractivity contribution in [2.75, 3.05) is 13.2 Å². The summed E-state index contributed by atoms with van der Waals surface area (Å²) in [7, 11) is 0. The van der Waals surface area contributed by atoms with Crippen LogP contribution in [-0.2, 0) is 6.54 Å². The summed E-state index contributed by atoms with van der Waals surface area (Å²) in [5, 5.41) is 9.45. The van der Waals surface area contributed by atoms with E-state index in [2.05, 4.69) is 23.7 Å². The zero-order chi connectivity index (χ0) is 11.3. The Labute approximate surface area is 95.7 Å². The molecule has 0 aliphatic heterocycles. The van der Waals surface area contributed by atoms with Gasteiger partial charge in [-0.1, -0.05) is 11.6 Å². The van der Waals surface area contributed by atoms with Crippen LogP contribution in [0.25, 0.3) is 0 Å². The Morgan fingerprint density at radius 2 is 2.27 bits per heavy atom. The monoisotopic (exact) mass is 228 g/mol. The minimum atomic E-state index is 0.178. The predicted octanol–water partition coefficient (Wildman–Crippen LogP) is 1.94. The number of pyridine rings is 1. The second kappa shape index (κ2) is 6.05. The molecule has 0 bridgehead atoms. The fourth-order valence-corrected chi connectivity index (χ4v) is 1.62. The third-order valence-electron chi connectivity index (χ3n) is 2.29. The molecule has 0 aliphatic rings. The maximum absolute atomic E-state index is 8.94. The first-order valence-electron chi connectivity index (χ1n) is 5.09. The molecular formula is C11H17ClN2O. The molecule has 0 fully saturated rings. The molecule has 0 spiro atoms. The molecule has 0 saturated heterocycles. The summed E-state index contributed by atoms with van der Waals surface area (Å²) in [5.74, 6) is 0. The van der Waals surface area contributed by atoms with E-state index in [9.17, 15) is 0 Å². The van der Waals surface area contributed by atoms with E-state index in [1.807, 2.05) is 12.1 Å². The summed E-state index contributed by atoms with van der Waals surface area (Å²) in [4.78, 5) is 6.12. The van der Waals surface area contributed by atoms with Crippen molar-refractivity contribution in [1.82, 2.24) is 9.88 Å². The lowest BCUT2D eigenvalue weighted by atomic mass is 10.2. The number of hydrogen-bond acceptors (Lipinski definition) is 3. The molecule has 15 heavy (non-hydrogen) atoms. The maximum atomic E-state index is 8.94. The van der Waals surface area contributed by atoms with Crippen LogP contribution in [0.3, 0.4) is 0 Å². The van der Waals surface area contributed by atoms with E-state index < -0.39 is 0 Å². The molecule has 4 heteroatoms. The highest BCUT2D eigenvalue weighted by atomic mass is 35.5. The molecule has 1 heterocycles. The minimum absolute atomic E-state index is 0.178. The van der Waals surface area contributed by atoms with Gasteiger partial charge in [-0.2, -0.15) is 0 Å². The molecule has 0 atom stereocenters. The average Bonchev–Trinajstić information content (AvgIpc) is 2.17. The van der Waals surface area contributed by atoms with Gasteiger partial charge in [0, 0.05) is 25.3 Å². The van der Waals surface area contributed by atoms with E-state index in [-0.39, 0.29) is 6.61 Å². The summed E-state index contributed by atoms with van der Waals surface area (Å²) < 4.78 is 0. The lowest BCUT2D eigenvalue weighted by Gasteiger charge is -2.25. The second-order valence-corrected chi connectivity index (χ2v) is 4.16. The van der Waals surface area contributed by atoms with Crippen LogP contribution >= 0.6 is 11.6 Å². The highest BCUT2D eigenvalue weighted by molar-refractivity contribution is 6.29. The maximum Gasteiger partial charge on any atom is 0.129 e. The van der Waals surface area contributed by atoms with Gasteiger partial charge in [-0.3, -0.25) is 4.90 Å². The molecule has 0 saturated carbocycles. The predicted molar refractivity (Wildman–Crippen MR) is 61.9 cm³/mol. The highest BCUT2D eigenvalue weighted by Crippen LogP contribution is 2.11. The topological polar surface area (TPSA) is 36.4 Å². The van der Waals surface area contributed by atoms with E-state index in [0.717, 1.165) is 12.1 Å². The fraction of sp³-hybridized carbons (Fsp3) is 0.545. The molecule has 0 aliphatic carbocycles. The molecule has 0 radical (unpaired) electrons. The quantitative estimate of drug-likeness (QED) is 0.783. The Hall–Kier alpha value is -0.640. The van der Waals surface area contributed by atoms with Crippen molar-refractivity contribution < 1.29 is 5.11 Å². The largest absolute Gasteiger partial charge is 0.395 e. The van der Waals surface area contributed by atoms with Gasteiger partial charge in [0.25, 0.3) is 0 Å². The zero-order valence-electron chi connectivity index (χ0n) is 9.15. The average molecular weight is 229 g/mol. The smallest absolute Gasteiger partial charge is 0.129 e. The van der Waals surface area contributed by atoms with Gasteiger partial charge in [0.15, 0.2) is 0 Å². The van der Waals surface area contributed by atoms with Crippen LogP contribution in [0.15, 0.2) is 18.3 Å².